The number of carbonyl (C=O) groups excluding carboxylic acids is 1. The van der Waals surface area contributed by atoms with E-state index in [9.17, 15) is 9.18 Å². The molecule has 2 aliphatic rings. The van der Waals surface area contributed by atoms with Crippen LogP contribution in [-0.2, 0) is 4.79 Å². The first-order valence-electron chi connectivity index (χ1n) is 10.00. The van der Waals surface area contributed by atoms with Gasteiger partial charge in [0.15, 0.2) is 0 Å². The molecule has 0 unspecified atom stereocenters. The van der Waals surface area contributed by atoms with Crippen LogP contribution >= 0.6 is 11.6 Å². The Bertz CT molecular complexity index is 856. The minimum Gasteiger partial charge on any atom is -0.492 e. The van der Waals surface area contributed by atoms with Crippen LogP contribution in [0.15, 0.2) is 48.5 Å². The van der Waals surface area contributed by atoms with Gasteiger partial charge >= 0.3 is 0 Å². The Labute approximate surface area is 175 Å². The molecular formula is C22H25ClFN3O2. The number of halogens is 2. The monoisotopic (exact) mass is 417 g/mol. The molecule has 0 aromatic heterocycles. The number of hydrogen-bond donors (Lipinski definition) is 1. The van der Waals surface area contributed by atoms with Crippen LogP contribution in [0.25, 0.3) is 0 Å². The number of rotatable bonds is 6. The number of hydrogen-bond acceptors (Lipinski definition) is 4. The normalized spacial score (nSPS) is 18.8. The number of para-hydroxylation sites is 1. The van der Waals surface area contributed by atoms with E-state index in [0.29, 0.717) is 19.0 Å². The molecule has 1 N–H and O–H groups in total. The van der Waals surface area contributed by atoms with Crippen molar-refractivity contribution in [3.8, 4) is 5.75 Å². The van der Waals surface area contributed by atoms with Crippen LogP contribution in [0, 0.1) is 5.82 Å². The van der Waals surface area contributed by atoms with Gasteiger partial charge in [0, 0.05) is 25.3 Å². The molecule has 2 aromatic rings. The van der Waals surface area contributed by atoms with Crippen molar-refractivity contribution >= 4 is 23.2 Å². The summed E-state index contributed by atoms with van der Waals surface area (Å²) >= 11 is 5.99. The van der Waals surface area contributed by atoms with Crippen molar-refractivity contribution < 1.29 is 13.9 Å². The number of ether oxygens (including phenoxy) is 1. The first-order chi connectivity index (χ1) is 14.1. The maximum absolute atomic E-state index is 13.1. The molecule has 5 nitrogen and oxygen atoms in total. The standard InChI is InChI=1S/C22H25ClFN3O2/c23-19-15-17(24)7-8-20(19)29-14-4-11-26-12-9-22(10-13-26)21(28)25-16-27(22)18-5-2-1-3-6-18/h1-3,5-8,15H,4,9-14,16H2,(H,25,28). The topological polar surface area (TPSA) is 44.8 Å². The molecule has 154 valence electrons. The van der Waals surface area contributed by atoms with Crippen LogP contribution in [0.5, 0.6) is 5.75 Å². The maximum atomic E-state index is 13.1. The van der Waals surface area contributed by atoms with Gasteiger partial charge in [0.25, 0.3) is 0 Å². The fraction of sp³-hybridized carbons (Fsp3) is 0.409. The number of nitrogens with one attached hydrogen (secondary N) is 1. The third-order valence-electron chi connectivity index (χ3n) is 5.86. The molecular weight excluding hydrogens is 393 g/mol. The van der Waals surface area contributed by atoms with Crippen LogP contribution in [0.1, 0.15) is 19.3 Å². The Morgan fingerprint density at radius 2 is 1.90 bits per heavy atom. The summed E-state index contributed by atoms with van der Waals surface area (Å²) in [5.41, 5.74) is 0.639. The third-order valence-corrected chi connectivity index (χ3v) is 6.15. The quantitative estimate of drug-likeness (QED) is 0.728. The van der Waals surface area contributed by atoms with Crippen molar-refractivity contribution in [2.75, 3.05) is 37.8 Å². The van der Waals surface area contributed by atoms with E-state index < -0.39 is 5.54 Å². The first kappa shape index (κ1) is 20.0. The zero-order valence-electron chi connectivity index (χ0n) is 16.2. The Hall–Kier alpha value is -2.31. The van der Waals surface area contributed by atoms with Gasteiger partial charge in [-0.1, -0.05) is 29.8 Å². The first-order valence-corrected chi connectivity index (χ1v) is 10.4. The van der Waals surface area contributed by atoms with Gasteiger partial charge in [-0.2, -0.15) is 0 Å². The average molecular weight is 418 g/mol. The lowest BCUT2D eigenvalue weighted by Crippen LogP contribution is -2.56. The predicted molar refractivity (Wildman–Crippen MR) is 112 cm³/mol. The molecule has 2 heterocycles. The van der Waals surface area contributed by atoms with Crippen molar-refractivity contribution in [1.82, 2.24) is 10.2 Å². The van der Waals surface area contributed by atoms with E-state index in [-0.39, 0.29) is 16.7 Å². The summed E-state index contributed by atoms with van der Waals surface area (Å²) in [6.07, 6.45) is 2.45. The van der Waals surface area contributed by atoms with Crippen LogP contribution in [0.3, 0.4) is 0 Å². The van der Waals surface area contributed by atoms with E-state index in [2.05, 4.69) is 27.2 Å². The number of likely N-dealkylation sites (tertiary alicyclic amines) is 1. The smallest absolute Gasteiger partial charge is 0.247 e. The molecule has 0 saturated carbocycles. The lowest BCUT2D eigenvalue weighted by molar-refractivity contribution is -0.125. The molecule has 4 rings (SSSR count). The second-order valence-electron chi connectivity index (χ2n) is 7.58. The molecule has 0 radical (unpaired) electrons. The zero-order chi connectivity index (χ0) is 20.3. The summed E-state index contributed by atoms with van der Waals surface area (Å²) in [6.45, 7) is 3.71. The van der Waals surface area contributed by atoms with E-state index in [1.807, 2.05) is 18.2 Å². The number of piperidine rings is 1. The lowest BCUT2D eigenvalue weighted by Gasteiger charge is -2.43. The number of carbonyl (C=O) groups is 1. The SMILES string of the molecule is O=C1NCN(c2ccccc2)C12CCN(CCCOc1ccc(F)cc1Cl)CC2. The van der Waals surface area contributed by atoms with Gasteiger partial charge in [-0.05, 0) is 49.6 Å². The van der Waals surface area contributed by atoms with Crippen molar-refractivity contribution in [1.29, 1.82) is 0 Å². The molecule has 0 aliphatic carbocycles. The number of benzene rings is 2. The number of anilines is 1. The fourth-order valence-electron chi connectivity index (χ4n) is 4.24. The third kappa shape index (κ3) is 4.19. The van der Waals surface area contributed by atoms with Gasteiger partial charge in [0.2, 0.25) is 5.91 Å². The van der Waals surface area contributed by atoms with Gasteiger partial charge in [-0.15, -0.1) is 0 Å². The Kier molecular flexibility index (Phi) is 5.92. The molecule has 1 spiro atoms. The maximum Gasteiger partial charge on any atom is 0.247 e. The Morgan fingerprint density at radius 1 is 1.14 bits per heavy atom. The van der Waals surface area contributed by atoms with Gasteiger partial charge in [0.05, 0.1) is 18.3 Å². The molecule has 2 aromatic carbocycles. The molecule has 29 heavy (non-hydrogen) atoms. The Morgan fingerprint density at radius 3 is 2.62 bits per heavy atom. The summed E-state index contributed by atoms with van der Waals surface area (Å²) in [7, 11) is 0. The number of amides is 1. The van der Waals surface area contributed by atoms with E-state index in [4.69, 9.17) is 16.3 Å². The van der Waals surface area contributed by atoms with E-state index >= 15 is 0 Å². The van der Waals surface area contributed by atoms with Crippen molar-refractivity contribution in [3.05, 3.63) is 59.4 Å². The molecule has 2 fully saturated rings. The highest BCUT2D eigenvalue weighted by Gasteiger charge is 2.50. The summed E-state index contributed by atoms with van der Waals surface area (Å²) in [4.78, 5) is 17.3. The molecule has 2 saturated heterocycles. The summed E-state index contributed by atoms with van der Waals surface area (Å²) in [5, 5.41) is 3.32. The second-order valence-corrected chi connectivity index (χ2v) is 7.98. The average Bonchev–Trinajstić information content (AvgIpc) is 3.04. The molecule has 0 atom stereocenters. The van der Waals surface area contributed by atoms with E-state index in [1.165, 1.54) is 12.1 Å². The van der Waals surface area contributed by atoms with Crippen LogP contribution in [-0.4, -0.2) is 49.3 Å². The Balaban J connectivity index is 1.28. The summed E-state index contributed by atoms with van der Waals surface area (Å²) < 4.78 is 18.8. The van der Waals surface area contributed by atoms with Crippen molar-refractivity contribution in [3.63, 3.8) is 0 Å². The van der Waals surface area contributed by atoms with Gasteiger partial charge in [0.1, 0.15) is 17.1 Å². The second kappa shape index (κ2) is 8.59. The van der Waals surface area contributed by atoms with Crippen LogP contribution < -0.4 is 15.0 Å². The van der Waals surface area contributed by atoms with Gasteiger partial charge < -0.3 is 19.9 Å². The highest BCUT2D eigenvalue weighted by molar-refractivity contribution is 6.32. The molecule has 7 heteroatoms. The molecule has 0 bridgehead atoms. The van der Waals surface area contributed by atoms with Gasteiger partial charge in [-0.3, -0.25) is 4.79 Å². The predicted octanol–water partition coefficient (Wildman–Crippen LogP) is 3.68. The largest absolute Gasteiger partial charge is 0.492 e. The van der Waals surface area contributed by atoms with Gasteiger partial charge in [-0.25, -0.2) is 4.39 Å². The van der Waals surface area contributed by atoms with E-state index in [0.717, 1.165) is 44.6 Å². The van der Waals surface area contributed by atoms with Crippen LogP contribution in [0.2, 0.25) is 5.02 Å². The minimum atomic E-state index is -0.448. The lowest BCUT2D eigenvalue weighted by atomic mass is 9.85. The summed E-state index contributed by atoms with van der Waals surface area (Å²) in [6, 6.07) is 14.3. The molecule has 2 aliphatic heterocycles. The highest BCUT2D eigenvalue weighted by atomic mass is 35.5. The van der Waals surface area contributed by atoms with Crippen LogP contribution in [0.4, 0.5) is 10.1 Å². The zero-order valence-corrected chi connectivity index (χ0v) is 17.0. The molecule has 1 amide bonds. The van der Waals surface area contributed by atoms with E-state index in [1.54, 1.807) is 6.07 Å². The fourth-order valence-corrected chi connectivity index (χ4v) is 4.46. The number of nitrogens with zero attached hydrogens (tertiary/aromatic N) is 2. The highest BCUT2D eigenvalue weighted by Crippen LogP contribution is 2.36. The van der Waals surface area contributed by atoms with Crippen molar-refractivity contribution in [2.24, 2.45) is 0 Å². The summed E-state index contributed by atoms with van der Waals surface area (Å²) in [5.74, 6) is 0.271. The van der Waals surface area contributed by atoms with Crippen molar-refractivity contribution in [2.45, 2.75) is 24.8 Å². The minimum absolute atomic E-state index is 0.135.